The second-order valence-electron chi connectivity index (χ2n) is 2.28. The van der Waals surface area contributed by atoms with Crippen LogP contribution in [0.1, 0.15) is 5.56 Å². The molecule has 1 rings (SSSR count). The summed E-state index contributed by atoms with van der Waals surface area (Å²) in [6.07, 6.45) is 3.77. The summed E-state index contributed by atoms with van der Waals surface area (Å²) in [5, 5.41) is 0. The van der Waals surface area contributed by atoms with Crippen molar-refractivity contribution in [3.05, 3.63) is 35.9 Å². The lowest BCUT2D eigenvalue weighted by atomic mass is 10.2. The van der Waals surface area contributed by atoms with Gasteiger partial charge in [-0.2, -0.15) is 0 Å². The summed E-state index contributed by atoms with van der Waals surface area (Å²) in [4.78, 5) is 19.9. The molecule has 0 unspecified atom stereocenters. The highest BCUT2D eigenvalue weighted by Gasteiger charge is 1.90. The average molecular weight is 176 g/mol. The van der Waals surface area contributed by atoms with E-state index in [2.05, 4.69) is 4.74 Å². The maximum Gasteiger partial charge on any atom is 0.298 e. The summed E-state index contributed by atoms with van der Waals surface area (Å²) in [6, 6.07) is 6.80. The number of hydrogen-bond acceptors (Lipinski definition) is 3. The summed E-state index contributed by atoms with van der Waals surface area (Å²) < 4.78 is 4.59. The highest BCUT2D eigenvalue weighted by Crippen LogP contribution is 2.11. The van der Waals surface area contributed by atoms with E-state index in [0.29, 0.717) is 18.5 Å². The van der Waals surface area contributed by atoms with Gasteiger partial charge in [-0.3, -0.25) is 9.59 Å². The number of carbonyl (C=O) groups is 2. The summed E-state index contributed by atoms with van der Waals surface area (Å²) in [7, 11) is 0. The predicted octanol–water partition coefficient (Wildman–Crippen LogP) is 1.43. The fourth-order valence-electron chi connectivity index (χ4n) is 0.863. The molecule has 1 aromatic rings. The van der Waals surface area contributed by atoms with Gasteiger partial charge in [-0.1, -0.05) is 18.2 Å². The first-order valence-electron chi connectivity index (χ1n) is 3.69. The third-order valence-corrected chi connectivity index (χ3v) is 1.43. The van der Waals surface area contributed by atoms with Gasteiger partial charge < -0.3 is 4.74 Å². The van der Waals surface area contributed by atoms with Crippen molar-refractivity contribution >= 4 is 18.8 Å². The SMILES string of the molecule is O=CC=Cc1ccc(OC=O)cc1. The molecule has 0 spiro atoms. The molecule has 0 N–H and O–H groups in total. The summed E-state index contributed by atoms with van der Waals surface area (Å²) in [5.41, 5.74) is 0.880. The molecular formula is C10H8O3. The van der Waals surface area contributed by atoms with Crippen LogP contribution in [0, 0.1) is 0 Å². The highest BCUT2D eigenvalue weighted by atomic mass is 16.5. The number of allylic oxidation sites excluding steroid dienone is 1. The molecule has 0 fully saturated rings. The van der Waals surface area contributed by atoms with Crippen molar-refractivity contribution in [2.45, 2.75) is 0 Å². The Balaban J connectivity index is 2.74. The molecule has 0 aliphatic carbocycles. The van der Waals surface area contributed by atoms with Crippen LogP contribution in [0.3, 0.4) is 0 Å². The molecule has 0 saturated carbocycles. The summed E-state index contributed by atoms with van der Waals surface area (Å²) in [6.45, 7) is 0.371. The van der Waals surface area contributed by atoms with Crippen molar-refractivity contribution in [2.75, 3.05) is 0 Å². The molecule has 0 bridgehead atoms. The summed E-state index contributed by atoms with van der Waals surface area (Å²) in [5.74, 6) is 0.484. The molecule has 0 amide bonds. The first kappa shape index (κ1) is 9.19. The van der Waals surface area contributed by atoms with Crippen LogP contribution in [-0.4, -0.2) is 12.8 Å². The summed E-state index contributed by atoms with van der Waals surface area (Å²) >= 11 is 0. The van der Waals surface area contributed by atoms with Crippen LogP contribution in [0.25, 0.3) is 6.08 Å². The Morgan fingerprint density at radius 1 is 1.08 bits per heavy atom. The van der Waals surface area contributed by atoms with Crippen molar-refractivity contribution in [1.82, 2.24) is 0 Å². The van der Waals surface area contributed by atoms with Gasteiger partial charge in [0.1, 0.15) is 12.0 Å². The van der Waals surface area contributed by atoms with Crippen LogP contribution < -0.4 is 4.74 Å². The first-order valence-corrected chi connectivity index (χ1v) is 3.69. The molecule has 13 heavy (non-hydrogen) atoms. The van der Waals surface area contributed by atoms with Crippen LogP contribution in [0.4, 0.5) is 0 Å². The number of hydrogen-bond donors (Lipinski definition) is 0. The van der Waals surface area contributed by atoms with E-state index in [-0.39, 0.29) is 0 Å². The molecule has 3 nitrogen and oxygen atoms in total. The fraction of sp³-hybridized carbons (Fsp3) is 0. The van der Waals surface area contributed by atoms with Crippen LogP contribution in [0.2, 0.25) is 0 Å². The second-order valence-corrected chi connectivity index (χ2v) is 2.28. The Bertz CT molecular complexity index is 311. The minimum Gasteiger partial charge on any atom is -0.429 e. The molecule has 1 aromatic carbocycles. The maximum atomic E-state index is 9.99. The van der Waals surface area contributed by atoms with Crippen LogP contribution >= 0.6 is 0 Å². The maximum absolute atomic E-state index is 9.99. The van der Waals surface area contributed by atoms with Crippen molar-refractivity contribution in [1.29, 1.82) is 0 Å². The molecule has 0 aliphatic rings. The van der Waals surface area contributed by atoms with E-state index in [0.717, 1.165) is 5.56 Å². The Morgan fingerprint density at radius 2 is 1.77 bits per heavy atom. The van der Waals surface area contributed by atoms with E-state index in [1.54, 1.807) is 30.3 Å². The van der Waals surface area contributed by atoms with Crippen molar-refractivity contribution in [3.63, 3.8) is 0 Å². The highest BCUT2D eigenvalue weighted by molar-refractivity contribution is 5.73. The number of aldehydes is 1. The average Bonchev–Trinajstić information content (AvgIpc) is 2.17. The lowest BCUT2D eigenvalue weighted by Gasteiger charge is -1.96. The molecule has 0 saturated heterocycles. The van der Waals surface area contributed by atoms with Gasteiger partial charge in [0.25, 0.3) is 6.47 Å². The van der Waals surface area contributed by atoms with E-state index in [1.807, 2.05) is 0 Å². The normalized spacial score (nSPS) is 9.85. The number of rotatable bonds is 4. The number of carbonyl (C=O) groups excluding carboxylic acids is 2. The van der Waals surface area contributed by atoms with Crippen molar-refractivity contribution < 1.29 is 14.3 Å². The third kappa shape index (κ3) is 2.91. The van der Waals surface area contributed by atoms with E-state index in [4.69, 9.17) is 0 Å². The van der Waals surface area contributed by atoms with Crippen molar-refractivity contribution in [3.8, 4) is 5.75 Å². The van der Waals surface area contributed by atoms with Gasteiger partial charge in [-0.15, -0.1) is 0 Å². The molecule has 66 valence electrons. The van der Waals surface area contributed by atoms with Crippen LogP contribution in [0.15, 0.2) is 30.3 Å². The quantitative estimate of drug-likeness (QED) is 0.515. The van der Waals surface area contributed by atoms with Gasteiger partial charge in [0.2, 0.25) is 0 Å². The zero-order valence-corrected chi connectivity index (χ0v) is 6.84. The molecule has 0 atom stereocenters. The van der Waals surface area contributed by atoms with Gasteiger partial charge in [-0.25, -0.2) is 0 Å². The minimum absolute atomic E-state index is 0.371. The van der Waals surface area contributed by atoms with E-state index in [1.165, 1.54) is 6.08 Å². The minimum atomic E-state index is 0.371. The molecule has 0 heterocycles. The molecule has 0 aromatic heterocycles. The monoisotopic (exact) mass is 176 g/mol. The first-order chi connectivity index (χ1) is 6.36. The molecule has 0 radical (unpaired) electrons. The van der Waals surface area contributed by atoms with Crippen molar-refractivity contribution in [2.24, 2.45) is 0 Å². The Morgan fingerprint density at radius 3 is 2.31 bits per heavy atom. The number of benzene rings is 1. The molecule has 3 heteroatoms. The lowest BCUT2D eigenvalue weighted by Crippen LogP contribution is -1.87. The molecule has 0 aliphatic heterocycles. The third-order valence-electron chi connectivity index (χ3n) is 1.43. The van der Waals surface area contributed by atoms with Gasteiger partial charge in [0.15, 0.2) is 0 Å². The number of ether oxygens (including phenoxy) is 1. The molecular weight excluding hydrogens is 168 g/mol. The van der Waals surface area contributed by atoms with Gasteiger partial charge in [0.05, 0.1) is 0 Å². The second kappa shape index (κ2) is 4.87. The standard InChI is InChI=1S/C10H8O3/c11-7-1-2-9-3-5-10(6-4-9)13-8-12/h1-8H. The zero-order valence-electron chi connectivity index (χ0n) is 6.84. The van der Waals surface area contributed by atoms with E-state index in [9.17, 15) is 9.59 Å². The van der Waals surface area contributed by atoms with Crippen LogP contribution in [-0.2, 0) is 9.59 Å². The topological polar surface area (TPSA) is 43.4 Å². The van der Waals surface area contributed by atoms with Gasteiger partial charge >= 0.3 is 0 Å². The van der Waals surface area contributed by atoms with E-state index < -0.39 is 0 Å². The van der Waals surface area contributed by atoms with Crippen LogP contribution in [0.5, 0.6) is 5.75 Å². The Hall–Kier alpha value is -1.90. The van der Waals surface area contributed by atoms with E-state index >= 15 is 0 Å². The fourth-order valence-corrected chi connectivity index (χ4v) is 0.863. The largest absolute Gasteiger partial charge is 0.429 e. The van der Waals surface area contributed by atoms with Gasteiger partial charge in [0, 0.05) is 0 Å². The Labute approximate surface area is 75.6 Å². The lowest BCUT2D eigenvalue weighted by molar-refractivity contribution is -0.120. The predicted molar refractivity (Wildman–Crippen MR) is 48.2 cm³/mol. The Kier molecular flexibility index (Phi) is 3.45. The zero-order chi connectivity index (χ0) is 9.52. The van der Waals surface area contributed by atoms with Gasteiger partial charge in [-0.05, 0) is 23.8 Å². The smallest absolute Gasteiger partial charge is 0.298 e.